The molecule has 21 heavy (non-hydrogen) atoms. The van der Waals surface area contributed by atoms with Crippen LogP contribution < -0.4 is 5.32 Å². The highest BCUT2D eigenvalue weighted by Crippen LogP contribution is 2.37. The molecule has 116 valence electrons. The second kappa shape index (κ2) is 6.10. The van der Waals surface area contributed by atoms with Crippen molar-refractivity contribution in [2.75, 3.05) is 7.11 Å². The number of aromatic nitrogens is 1. The van der Waals surface area contributed by atoms with Crippen LogP contribution in [0.15, 0.2) is 12.3 Å². The Morgan fingerprint density at radius 1 is 1.52 bits per heavy atom. The highest BCUT2D eigenvalue weighted by molar-refractivity contribution is 6.31. The van der Waals surface area contributed by atoms with E-state index in [1.807, 2.05) is 11.5 Å². The number of nitrogens with zero attached hydrogens (tertiary/aromatic N) is 1. The van der Waals surface area contributed by atoms with E-state index in [4.69, 9.17) is 16.3 Å². The maximum atomic E-state index is 12.5. The van der Waals surface area contributed by atoms with E-state index in [-0.39, 0.29) is 5.91 Å². The number of hydrogen-bond donors (Lipinski definition) is 1. The quantitative estimate of drug-likeness (QED) is 0.822. The Labute approximate surface area is 129 Å². The Bertz CT molecular complexity index is 551. The average molecular weight is 313 g/mol. The van der Waals surface area contributed by atoms with Crippen LogP contribution in [0.5, 0.6) is 0 Å². The van der Waals surface area contributed by atoms with Crippen molar-refractivity contribution in [2.45, 2.75) is 51.1 Å². The molecule has 1 atom stereocenters. The molecule has 1 aliphatic carbocycles. The van der Waals surface area contributed by atoms with Crippen LogP contribution in [0.4, 0.5) is 0 Å². The predicted octanol–water partition coefficient (Wildman–Crippen LogP) is 2.94. The Hall–Kier alpha value is -1.49. The number of carbonyl (C=O) groups excluding carboxylic acids is 2. The van der Waals surface area contributed by atoms with E-state index < -0.39 is 11.5 Å². The molecule has 5 nitrogen and oxygen atoms in total. The van der Waals surface area contributed by atoms with Crippen LogP contribution in [0.25, 0.3) is 0 Å². The molecule has 0 aromatic carbocycles. The minimum absolute atomic E-state index is 0.296. The van der Waals surface area contributed by atoms with Gasteiger partial charge in [-0.15, -0.1) is 0 Å². The van der Waals surface area contributed by atoms with Crippen LogP contribution in [0.1, 0.15) is 56.1 Å². The predicted molar refractivity (Wildman–Crippen MR) is 80.5 cm³/mol. The van der Waals surface area contributed by atoms with Crippen molar-refractivity contribution in [2.24, 2.45) is 0 Å². The number of methoxy groups -OCH3 is 1. The number of rotatable bonds is 6. The highest BCUT2D eigenvalue weighted by atomic mass is 35.5. The molecule has 1 amide bonds. The van der Waals surface area contributed by atoms with E-state index in [9.17, 15) is 9.59 Å². The maximum absolute atomic E-state index is 12.5. The lowest BCUT2D eigenvalue weighted by Gasteiger charge is -2.27. The lowest BCUT2D eigenvalue weighted by atomic mass is 9.96. The van der Waals surface area contributed by atoms with E-state index in [0.29, 0.717) is 23.2 Å². The summed E-state index contributed by atoms with van der Waals surface area (Å²) < 4.78 is 6.70. The number of nitrogens with one attached hydrogen (secondary N) is 1. The van der Waals surface area contributed by atoms with Crippen LogP contribution in [0.3, 0.4) is 0 Å². The number of carbonyl (C=O) groups is 2. The van der Waals surface area contributed by atoms with E-state index in [1.54, 1.807) is 19.2 Å². The van der Waals surface area contributed by atoms with Gasteiger partial charge in [0.2, 0.25) is 0 Å². The third kappa shape index (κ3) is 3.40. The fourth-order valence-electron chi connectivity index (χ4n) is 2.54. The molecule has 1 aromatic heterocycles. The molecular formula is C15H21ClN2O3. The van der Waals surface area contributed by atoms with Crippen LogP contribution in [0.2, 0.25) is 5.02 Å². The van der Waals surface area contributed by atoms with Gasteiger partial charge in [0.1, 0.15) is 11.2 Å². The molecule has 1 aliphatic rings. The lowest BCUT2D eigenvalue weighted by molar-refractivity contribution is -0.147. The maximum Gasteiger partial charge on any atom is 0.331 e. The van der Waals surface area contributed by atoms with E-state index >= 15 is 0 Å². The molecule has 6 heteroatoms. The summed E-state index contributed by atoms with van der Waals surface area (Å²) in [5.74, 6) is -0.733. The topological polar surface area (TPSA) is 60.3 Å². The molecule has 0 spiro atoms. The van der Waals surface area contributed by atoms with E-state index in [2.05, 4.69) is 5.32 Å². The number of amides is 1. The van der Waals surface area contributed by atoms with Crippen molar-refractivity contribution in [1.82, 2.24) is 9.88 Å². The molecule has 1 aromatic rings. The van der Waals surface area contributed by atoms with Gasteiger partial charge < -0.3 is 14.6 Å². The summed E-state index contributed by atoms with van der Waals surface area (Å²) in [7, 11) is 1.33. The first kappa shape index (κ1) is 15.9. The minimum atomic E-state index is -1.02. The Balaban J connectivity index is 2.21. The first-order valence-corrected chi connectivity index (χ1v) is 7.57. The normalized spacial score (nSPS) is 17.1. The number of halogens is 1. The van der Waals surface area contributed by atoms with Crippen molar-refractivity contribution in [3.05, 3.63) is 23.0 Å². The average Bonchev–Trinajstić information content (AvgIpc) is 3.20. The third-order valence-electron chi connectivity index (χ3n) is 3.76. The molecule has 1 fully saturated rings. The van der Waals surface area contributed by atoms with Crippen molar-refractivity contribution < 1.29 is 14.3 Å². The third-order valence-corrected chi connectivity index (χ3v) is 3.97. The summed E-state index contributed by atoms with van der Waals surface area (Å²) in [5, 5.41) is 3.33. The molecule has 1 saturated carbocycles. The zero-order chi connectivity index (χ0) is 15.6. The number of ether oxygens (including phenoxy) is 1. The van der Waals surface area contributed by atoms with E-state index in [0.717, 1.165) is 19.3 Å². The fraction of sp³-hybridized carbons (Fsp3) is 0.600. The van der Waals surface area contributed by atoms with Crippen LogP contribution in [0, 0.1) is 0 Å². The van der Waals surface area contributed by atoms with E-state index in [1.165, 1.54) is 7.11 Å². The smallest absolute Gasteiger partial charge is 0.331 e. The molecule has 1 N–H and O–H groups in total. The van der Waals surface area contributed by atoms with Crippen molar-refractivity contribution in [1.29, 1.82) is 0 Å². The molecule has 0 saturated heterocycles. The molecule has 0 radical (unpaired) electrons. The molecular weight excluding hydrogens is 292 g/mol. The largest absolute Gasteiger partial charge is 0.467 e. The highest BCUT2D eigenvalue weighted by Gasteiger charge is 2.37. The summed E-state index contributed by atoms with van der Waals surface area (Å²) in [6, 6.07) is 1.98. The summed E-state index contributed by atoms with van der Waals surface area (Å²) in [6.07, 6.45) is 5.14. The second-order valence-corrected chi connectivity index (χ2v) is 6.15. The summed E-state index contributed by atoms with van der Waals surface area (Å²) >= 11 is 6.01. The van der Waals surface area contributed by atoms with Crippen LogP contribution in [-0.2, 0) is 9.53 Å². The van der Waals surface area contributed by atoms with Crippen molar-refractivity contribution in [3.8, 4) is 0 Å². The van der Waals surface area contributed by atoms with Crippen molar-refractivity contribution in [3.63, 3.8) is 0 Å². The molecule has 1 unspecified atom stereocenters. The number of hydrogen-bond acceptors (Lipinski definition) is 3. The number of esters is 1. The molecule has 0 aliphatic heterocycles. The standard InChI is InChI=1S/C15H21ClN2O3/c1-4-7-15(2,14(20)21-3)17-13(19)12-8-10(16)9-18(12)11-5-6-11/h8-9,11H,4-7H2,1-3H3,(H,17,19). The Morgan fingerprint density at radius 3 is 2.71 bits per heavy atom. The van der Waals surface area contributed by atoms with Crippen LogP contribution >= 0.6 is 11.6 Å². The van der Waals surface area contributed by atoms with Gasteiger partial charge in [0.25, 0.3) is 5.91 Å². The molecule has 1 heterocycles. The van der Waals surface area contributed by atoms with Gasteiger partial charge in [-0.1, -0.05) is 24.9 Å². The van der Waals surface area contributed by atoms with Crippen LogP contribution in [-0.4, -0.2) is 29.1 Å². The second-order valence-electron chi connectivity index (χ2n) is 5.71. The van der Waals surface area contributed by atoms with Gasteiger partial charge in [0.15, 0.2) is 0 Å². The van der Waals surface area contributed by atoms with Gasteiger partial charge in [0, 0.05) is 12.2 Å². The zero-order valence-corrected chi connectivity index (χ0v) is 13.4. The summed E-state index contributed by atoms with van der Waals surface area (Å²) in [4.78, 5) is 24.5. The zero-order valence-electron chi connectivity index (χ0n) is 12.6. The van der Waals surface area contributed by atoms with Gasteiger partial charge in [-0.25, -0.2) is 4.79 Å². The lowest BCUT2D eigenvalue weighted by Crippen LogP contribution is -2.53. The van der Waals surface area contributed by atoms with Gasteiger partial charge in [0.05, 0.1) is 12.1 Å². The van der Waals surface area contributed by atoms with Gasteiger partial charge in [-0.05, 0) is 32.3 Å². The fourth-order valence-corrected chi connectivity index (χ4v) is 2.75. The first-order chi connectivity index (χ1) is 9.91. The molecule has 0 bridgehead atoms. The van der Waals surface area contributed by atoms with Gasteiger partial charge in [-0.2, -0.15) is 0 Å². The monoisotopic (exact) mass is 312 g/mol. The van der Waals surface area contributed by atoms with Gasteiger partial charge in [-0.3, -0.25) is 4.79 Å². The SMILES string of the molecule is CCCC(C)(NC(=O)c1cc(Cl)cn1C1CC1)C(=O)OC. The van der Waals surface area contributed by atoms with Crippen molar-refractivity contribution >= 4 is 23.5 Å². The van der Waals surface area contributed by atoms with Gasteiger partial charge >= 0.3 is 5.97 Å². The summed E-state index contributed by atoms with van der Waals surface area (Å²) in [5.41, 5.74) is -0.528. The Morgan fingerprint density at radius 2 is 2.19 bits per heavy atom. The molecule has 2 rings (SSSR count). The first-order valence-electron chi connectivity index (χ1n) is 7.19. The Kier molecular flexibility index (Phi) is 4.61. The minimum Gasteiger partial charge on any atom is -0.467 e. The summed E-state index contributed by atoms with van der Waals surface area (Å²) in [6.45, 7) is 3.64.